The maximum atomic E-state index is 5.68. The first-order valence-corrected chi connectivity index (χ1v) is 4.35. The first-order valence-electron chi connectivity index (χ1n) is 4.35. The molecule has 5 nitrogen and oxygen atoms in total. The Morgan fingerprint density at radius 2 is 2.21 bits per heavy atom. The molecule has 0 aliphatic rings. The van der Waals surface area contributed by atoms with E-state index >= 15 is 0 Å². The highest BCUT2D eigenvalue weighted by Crippen LogP contribution is 2.15. The zero-order valence-electron chi connectivity index (χ0n) is 8.14. The molecule has 0 aliphatic heterocycles. The van der Waals surface area contributed by atoms with Crippen LogP contribution in [0.5, 0.6) is 0 Å². The highest BCUT2D eigenvalue weighted by molar-refractivity contribution is 5.47. The second kappa shape index (κ2) is 3.26. The zero-order valence-corrected chi connectivity index (χ0v) is 8.14. The predicted molar refractivity (Wildman–Crippen MR) is 52.8 cm³/mol. The van der Waals surface area contributed by atoms with Gasteiger partial charge in [0.25, 0.3) is 0 Å². The standard InChI is InChI=1S/C9H12N4O/c1-6(14-2)9-12-11-8-4-3-7(10)5-13(8)9/h3-6H,10H2,1-2H3. The van der Waals surface area contributed by atoms with Crippen molar-refractivity contribution in [2.45, 2.75) is 13.0 Å². The van der Waals surface area contributed by atoms with E-state index < -0.39 is 0 Å². The van der Waals surface area contributed by atoms with Crippen LogP contribution >= 0.6 is 0 Å². The van der Waals surface area contributed by atoms with Crippen LogP contribution in [0.15, 0.2) is 18.3 Å². The van der Waals surface area contributed by atoms with Gasteiger partial charge in [-0.2, -0.15) is 0 Å². The van der Waals surface area contributed by atoms with Crippen molar-refractivity contribution in [1.29, 1.82) is 0 Å². The summed E-state index contributed by atoms with van der Waals surface area (Å²) in [5, 5.41) is 8.05. The summed E-state index contributed by atoms with van der Waals surface area (Å²) >= 11 is 0. The number of rotatable bonds is 2. The molecule has 74 valence electrons. The molecule has 0 aliphatic carbocycles. The van der Waals surface area contributed by atoms with Crippen molar-refractivity contribution >= 4 is 11.3 Å². The Morgan fingerprint density at radius 3 is 2.93 bits per heavy atom. The lowest BCUT2D eigenvalue weighted by Gasteiger charge is -2.06. The van der Waals surface area contributed by atoms with Crippen LogP contribution in [0.2, 0.25) is 0 Å². The van der Waals surface area contributed by atoms with Crippen molar-refractivity contribution in [2.75, 3.05) is 12.8 Å². The lowest BCUT2D eigenvalue weighted by molar-refractivity contribution is 0.111. The third-order valence-corrected chi connectivity index (χ3v) is 2.17. The smallest absolute Gasteiger partial charge is 0.166 e. The molecule has 1 atom stereocenters. The van der Waals surface area contributed by atoms with Gasteiger partial charge in [-0.1, -0.05) is 0 Å². The number of hydrogen-bond acceptors (Lipinski definition) is 4. The van der Waals surface area contributed by atoms with E-state index in [-0.39, 0.29) is 6.10 Å². The molecule has 2 heterocycles. The summed E-state index contributed by atoms with van der Waals surface area (Å²) in [4.78, 5) is 0. The average molecular weight is 192 g/mol. The van der Waals surface area contributed by atoms with Gasteiger partial charge in [0, 0.05) is 19.0 Å². The summed E-state index contributed by atoms with van der Waals surface area (Å²) < 4.78 is 7.02. The number of fused-ring (bicyclic) bond motifs is 1. The van der Waals surface area contributed by atoms with Gasteiger partial charge >= 0.3 is 0 Å². The minimum atomic E-state index is -0.0909. The fourth-order valence-corrected chi connectivity index (χ4v) is 1.31. The number of anilines is 1. The van der Waals surface area contributed by atoms with E-state index in [1.165, 1.54) is 0 Å². The first kappa shape index (κ1) is 8.96. The number of nitrogen functional groups attached to an aromatic ring is 1. The van der Waals surface area contributed by atoms with Gasteiger partial charge < -0.3 is 10.5 Å². The van der Waals surface area contributed by atoms with Crippen molar-refractivity contribution < 1.29 is 4.74 Å². The molecule has 0 saturated carbocycles. The van der Waals surface area contributed by atoms with E-state index in [9.17, 15) is 0 Å². The zero-order chi connectivity index (χ0) is 10.1. The first-order chi connectivity index (χ1) is 6.72. The van der Waals surface area contributed by atoms with Crippen LogP contribution in [-0.2, 0) is 4.74 Å². The molecule has 2 N–H and O–H groups in total. The number of nitrogens with zero attached hydrogens (tertiary/aromatic N) is 3. The molecule has 2 aromatic heterocycles. The van der Waals surface area contributed by atoms with E-state index in [0.29, 0.717) is 5.69 Å². The Balaban J connectivity index is 2.61. The molecule has 14 heavy (non-hydrogen) atoms. The highest BCUT2D eigenvalue weighted by atomic mass is 16.5. The van der Waals surface area contributed by atoms with Crippen molar-refractivity contribution in [1.82, 2.24) is 14.6 Å². The molecule has 0 bridgehead atoms. The summed E-state index contributed by atoms with van der Waals surface area (Å²) in [6.07, 6.45) is 1.70. The van der Waals surface area contributed by atoms with E-state index in [1.807, 2.05) is 17.4 Å². The lowest BCUT2D eigenvalue weighted by atomic mass is 10.3. The van der Waals surface area contributed by atoms with Gasteiger partial charge in [0.15, 0.2) is 11.5 Å². The van der Waals surface area contributed by atoms with Gasteiger partial charge in [-0.3, -0.25) is 4.40 Å². The third kappa shape index (κ3) is 1.31. The third-order valence-electron chi connectivity index (χ3n) is 2.17. The molecule has 5 heteroatoms. The number of methoxy groups -OCH3 is 1. The molecule has 0 spiro atoms. The Bertz CT molecular complexity index is 451. The molecule has 0 fully saturated rings. The van der Waals surface area contributed by atoms with Gasteiger partial charge in [-0.05, 0) is 19.1 Å². The molecule has 0 amide bonds. The van der Waals surface area contributed by atoms with Crippen LogP contribution in [-0.4, -0.2) is 21.7 Å². The van der Waals surface area contributed by atoms with E-state index in [2.05, 4.69) is 10.2 Å². The largest absolute Gasteiger partial charge is 0.398 e. The summed E-state index contributed by atoms with van der Waals surface area (Å²) in [7, 11) is 1.64. The molecule has 1 unspecified atom stereocenters. The van der Waals surface area contributed by atoms with Crippen molar-refractivity contribution in [3.8, 4) is 0 Å². The van der Waals surface area contributed by atoms with Crippen LogP contribution in [0.1, 0.15) is 18.9 Å². The molecular formula is C9H12N4O. The lowest BCUT2D eigenvalue weighted by Crippen LogP contribution is -2.03. The van der Waals surface area contributed by atoms with Crippen LogP contribution in [0.25, 0.3) is 5.65 Å². The Kier molecular flexibility index (Phi) is 2.09. The van der Waals surface area contributed by atoms with Crippen molar-refractivity contribution in [3.63, 3.8) is 0 Å². The van der Waals surface area contributed by atoms with Crippen LogP contribution in [0.3, 0.4) is 0 Å². The molecule has 0 radical (unpaired) electrons. The monoisotopic (exact) mass is 192 g/mol. The molecule has 2 aromatic rings. The summed E-state index contributed by atoms with van der Waals surface area (Å²) in [5.41, 5.74) is 7.13. The van der Waals surface area contributed by atoms with Gasteiger partial charge in [-0.25, -0.2) is 0 Å². The average Bonchev–Trinajstić information content (AvgIpc) is 2.59. The molecule has 2 rings (SSSR count). The number of hydrogen-bond donors (Lipinski definition) is 1. The molecular weight excluding hydrogens is 180 g/mol. The number of nitrogens with two attached hydrogens (primary N) is 1. The minimum Gasteiger partial charge on any atom is -0.398 e. The van der Waals surface area contributed by atoms with Crippen LogP contribution in [0.4, 0.5) is 5.69 Å². The summed E-state index contributed by atoms with van der Waals surface area (Å²) in [6, 6.07) is 3.62. The van der Waals surface area contributed by atoms with E-state index in [1.54, 1.807) is 19.4 Å². The van der Waals surface area contributed by atoms with Crippen LogP contribution < -0.4 is 5.73 Å². The highest BCUT2D eigenvalue weighted by Gasteiger charge is 2.11. The van der Waals surface area contributed by atoms with Gasteiger partial charge in [0.2, 0.25) is 0 Å². The number of ether oxygens (including phenoxy) is 1. The van der Waals surface area contributed by atoms with Crippen molar-refractivity contribution in [3.05, 3.63) is 24.2 Å². The number of pyridine rings is 1. The predicted octanol–water partition coefficient (Wildman–Crippen LogP) is 1.02. The maximum Gasteiger partial charge on any atom is 0.166 e. The Labute approximate surface area is 81.5 Å². The topological polar surface area (TPSA) is 65.4 Å². The second-order valence-corrected chi connectivity index (χ2v) is 3.13. The second-order valence-electron chi connectivity index (χ2n) is 3.13. The maximum absolute atomic E-state index is 5.68. The quantitative estimate of drug-likeness (QED) is 0.771. The SMILES string of the molecule is COC(C)c1nnc2ccc(N)cn12. The van der Waals surface area contributed by atoms with Gasteiger partial charge in [0.05, 0.1) is 0 Å². The fourth-order valence-electron chi connectivity index (χ4n) is 1.31. The van der Waals surface area contributed by atoms with Crippen molar-refractivity contribution in [2.24, 2.45) is 0 Å². The Morgan fingerprint density at radius 1 is 1.43 bits per heavy atom. The molecule has 0 saturated heterocycles. The fraction of sp³-hybridized carbons (Fsp3) is 0.333. The molecule has 0 aromatic carbocycles. The van der Waals surface area contributed by atoms with Crippen LogP contribution in [0, 0.1) is 0 Å². The van der Waals surface area contributed by atoms with E-state index in [4.69, 9.17) is 10.5 Å². The Hall–Kier alpha value is -1.62. The summed E-state index contributed by atoms with van der Waals surface area (Å²) in [5.74, 6) is 0.759. The summed E-state index contributed by atoms with van der Waals surface area (Å²) in [6.45, 7) is 1.92. The van der Waals surface area contributed by atoms with E-state index in [0.717, 1.165) is 11.5 Å². The normalized spacial score (nSPS) is 13.3. The van der Waals surface area contributed by atoms with Gasteiger partial charge in [-0.15, -0.1) is 10.2 Å². The minimum absolute atomic E-state index is 0.0909. The van der Waals surface area contributed by atoms with Gasteiger partial charge in [0.1, 0.15) is 6.10 Å². The number of aromatic nitrogens is 3.